The molecule has 5 heteroatoms. The van der Waals surface area contributed by atoms with Crippen molar-refractivity contribution in [3.05, 3.63) is 0 Å². The molecule has 1 N–H and O–H groups in total. The van der Waals surface area contributed by atoms with Crippen molar-refractivity contribution in [1.29, 1.82) is 0 Å². The van der Waals surface area contributed by atoms with Crippen molar-refractivity contribution in [3.63, 3.8) is 0 Å². The Morgan fingerprint density at radius 1 is 1.36 bits per heavy atom. The molecule has 0 saturated heterocycles. The third kappa shape index (κ3) is 3.33. The molecule has 82 valence electrons. The summed E-state index contributed by atoms with van der Waals surface area (Å²) in [5, 5.41) is 2.44. The topological polar surface area (TPSA) is 64.6 Å². The van der Waals surface area contributed by atoms with Crippen LogP contribution in [0.5, 0.6) is 0 Å². The molecule has 14 heavy (non-hydrogen) atoms. The Balaban J connectivity index is 4.13. The molecule has 0 aliphatic rings. The van der Waals surface area contributed by atoms with Gasteiger partial charge in [-0.3, -0.25) is 9.59 Å². The van der Waals surface area contributed by atoms with Crippen LogP contribution in [0.15, 0.2) is 0 Å². The molecule has 0 spiro atoms. The monoisotopic (exact) mass is 203 g/mol. The van der Waals surface area contributed by atoms with Crippen LogP contribution in [0.3, 0.4) is 0 Å². The highest BCUT2D eigenvalue weighted by Gasteiger charge is 2.30. The minimum absolute atomic E-state index is 0.131. The van der Waals surface area contributed by atoms with Crippen LogP contribution >= 0.6 is 0 Å². The van der Waals surface area contributed by atoms with Gasteiger partial charge in [0.2, 0.25) is 0 Å². The fourth-order valence-electron chi connectivity index (χ4n) is 0.809. The zero-order valence-corrected chi connectivity index (χ0v) is 9.05. The van der Waals surface area contributed by atoms with Gasteiger partial charge < -0.3 is 14.8 Å². The molecule has 1 unspecified atom stereocenters. The number of hydrogen-bond donors (Lipinski definition) is 1. The van der Waals surface area contributed by atoms with Gasteiger partial charge in [0.25, 0.3) is 5.91 Å². The quantitative estimate of drug-likeness (QED) is 0.643. The summed E-state index contributed by atoms with van der Waals surface area (Å²) < 4.78 is 9.44. The molecule has 0 aliphatic heterocycles. The minimum Gasteiger partial charge on any atom is -0.468 e. The van der Waals surface area contributed by atoms with Gasteiger partial charge in [0, 0.05) is 7.11 Å². The molecule has 0 aromatic heterocycles. The van der Waals surface area contributed by atoms with Crippen molar-refractivity contribution in [2.24, 2.45) is 0 Å². The Bertz CT molecular complexity index is 211. The van der Waals surface area contributed by atoms with Crippen LogP contribution in [0, 0.1) is 0 Å². The van der Waals surface area contributed by atoms with Crippen LogP contribution in [0.4, 0.5) is 0 Å². The van der Waals surface area contributed by atoms with Crippen LogP contribution in [0.25, 0.3) is 0 Å². The molecule has 0 aliphatic carbocycles. The molecule has 0 aromatic carbocycles. The fourth-order valence-corrected chi connectivity index (χ4v) is 0.809. The van der Waals surface area contributed by atoms with E-state index < -0.39 is 11.6 Å². The van der Waals surface area contributed by atoms with Crippen molar-refractivity contribution in [2.45, 2.75) is 25.9 Å². The summed E-state index contributed by atoms with van der Waals surface area (Å²) >= 11 is 0. The molecular weight excluding hydrogens is 186 g/mol. The predicted octanol–water partition coefficient (Wildman–Crippen LogP) is 0.0907. The Morgan fingerprint density at radius 3 is 2.29 bits per heavy atom. The second-order valence-corrected chi connectivity index (χ2v) is 3.05. The standard InChI is InChI=1S/C9H17NO4/c1-5-9(2,14-4)8(12)10-6-7(11)13-3/h5-6H2,1-4H3,(H,10,12). The minimum atomic E-state index is -0.881. The van der Waals surface area contributed by atoms with Crippen molar-refractivity contribution in [2.75, 3.05) is 20.8 Å². The van der Waals surface area contributed by atoms with Crippen LogP contribution in [0.1, 0.15) is 20.3 Å². The highest BCUT2D eigenvalue weighted by atomic mass is 16.5. The first-order valence-corrected chi connectivity index (χ1v) is 4.40. The average Bonchev–Trinajstić information content (AvgIpc) is 2.23. The summed E-state index contributed by atoms with van der Waals surface area (Å²) in [5.41, 5.74) is -0.881. The molecule has 0 fully saturated rings. The van der Waals surface area contributed by atoms with E-state index >= 15 is 0 Å². The number of hydrogen-bond acceptors (Lipinski definition) is 4. The molecule has 0 heterocycles. The molecule has 0 rings (SSSR count). The summed E-state index contributed by atoms with van der Waals surface area (Å²) in [6, 6.07) is 0. The van der Waals surface area contributed by atoms with E-state index in [4.69, 9.17) is 4.74 Å². The molecule has 0 bridgehead atoms. The van der Waals surface area contributed by atoms with Crippen LogP contribution in [-0.4, -0.2) is 38.2 Å². The Morgan fingerprint density at radius 2 is 1.93 bits per heavy atom. The lowest BCUT2D eigenvalue weighted by molar-refractivity contribution is -0.147. The lowest BCUT2D eigenvalue weighted by atomic mass is 10.0. The van der Waals surface area contributed by atoms with E-state index in [0.717, 1.165) is 0 Å². The number of nitrogens with one attached hydrogen (secondary N) is 1. The molecule has 0 aromatic rings. The van der Waals surface area contributed by atoms with Crippen LogP contribution in [-0.2, 0) is 19.1 Å². The maximum atomic E-state index is 11.5. The summed E-state index contributed by atoms with van der Waals surface area (Å²) in [4.78, 5) is 22.2. The zero-order valence-electron chi connectivity index (χ0n) is 9.05. The van der Waals surface area contributed by atoms with E-state index in [0.29, 0.717) is 6.42 Å². The number of amides is 1. The van der Waals surface area contributed by atoms with Gasteiger partial charge >= 0.3 is 5.97 Å². The largest absolute Gasteiger partial charge is 0.468 e. The third-order valence-electron chi connectivity index (χ3n) is 2.23. The highest BCUT2D eigenvalue weighted by Crippen LogP contribution is 2.13. The van der Waals surface area contributed by atoms with Gasteiger partial charge in [-0.15, -0.1) is 0 Å². The maximum absolute atomic E-state index is 11.5. The van der Waals surface area contributed by atoms with Crippen LogP contribution < -0.4 is 5.32 Å². The lowest BCUT2D eigenvalue weighted by Gasteiger charge is -2.24. The van der Waals surface area contributed by atoms with E-state index in [1.165, 1.54) is 14.2 Å². The molecule has 5 nitrogen and oxygen atoms in total. The third-order valence-corrected chi connectivity index (χ3v) is 2.23. The normalized spacial score (nSPS) is 14.3. The smallest absolute Gasteiger partial charge is 0.325 e. The zero-order chi connectivity index (χ0) is 11.2. The van der Waals surface area contributed by atoms with Gasteiger partial charge in [0.05, 0.1) is 7.11 Å². The number of esters is 1. The van der Waals surface area contributed by atoms with Gasteiger partial charge in [-0.1, -0.05) is 6.92 Å². The lowest BCUT2D eigenvalue weighted by Crippen LogP contribution is -2.47. The van der Waals surface area contributed by atoms with Crippen molar-refractivity contribution >= 4 is 11.9 Å². The molecular formula is C9H17NO4. The number of carbonyl (C=O) groups is 2. The van der Waals surface area contributed by atoms with Gasteiger partial charge in [-0.25, -0.2) is 0 Å². The molecule has 0 radical (unpaired) electrons. The summed E-state index contributed by atoms with van der Waals surface area (Å²) in [6.07, 6.45) is 0.538. The van der Waals surface area contributed by atoms with Crippen molar-refractivity contribution in [1.82, 2.24) is 5.32 Å². The SMILES string of the molecule is CCC(C)(OC)C(=O)NCC(=O)OC. The highest BCUT2D eigenvalue weighted by molar-refractivity contribution is 5.87. The molecule has 1 atom stereocenters. The summed E-state index contributed by atoms with van der Waals surface area (Å²) in [7, 11) is 2.73. The van der Waals surface area contributed by atoms with Crippen LogP contribution in [0.2, 0.25) is 0 Å². The number of methoxy groups -OCH3 is 2. The first-order valence-electron chi connectivity index (χ1n) is 4.40. The number of ether oxygens (including phenoxy) is 2. The molecule has 1 amide bonds. The fraction of sp³-hybridized carbons (Fsp3) is 0.778. The van der Waals surface area contributed by atoms with Crippen molar-refractivity contribution < 1.29 is 19.1 Å². The van der Waals surface area contributed by atoms with E-state index in [9.17, 15) is 9.59 Å². The first kappa shape index (κ1) is 12.9. The first-order chi connectivity index (χ1) is 6.50. The van der Waals surface area contributed by atoms with E-state index in [1.807, 2.05) is 6.92 Å². The molecule has 0 saturated carbocycles. The van der Waals surface area contributed by atoms with Gasteiger partial charge in [-0.05, 0) is 13.3 Å². The number of rotatable bonds is 5. The summed E-state index contributed by atoms with van der Waals surface area (Å²) in [6.45, 7) is 3.37. The van der Waals surface area contributed by atoms with Gasteiger partial charge in [0.15, 0.2) is 0 Å². The second kappa shape index (κ2) is 5.59. The second-order valence-electron chi connectivity index (χ2n) is 3.05. The predicted molar refractivity (Wildman–Crippen MR) is 50.7 cm³/mol. The maximum Gasteiger partial charge on any atom is 0.325 e. The van der Waals surface area contributed by atoms with Gasteiger partial charge in [0.1, 0.15) is 12.1 Å². The van der Waals surface area contributed by atoms with Crippen molar-refractivity contribution in [3.8, 4) is 0 Å². The summed E-state index contributed by atoms with van der Waals surface area (Å²) in [5.74, 6) is -0.791. The van der Waals surface area contributed by atoms with E-state index in [-0.39, 0.29) is 12.5 Å². The Kier molecular flexibility index (Phi) is 5.15. The average molecular weight is 203 g/mol. The Hall–Kier alpha value is -1.10. The number of carbonyl (C=O) groups excluding carboxylic acids is 2. The van der Waals surface area contributed by atoms with E-state index in [1.54, 1.807) is 6.92 Å². The van der Waals surface area contributed by atoms with Gasteiger partial charge in [-0.2, -0.15) is 0 Å². The Labute approximate surface area is 83.8 Å². The van der Waals surface area contributed by atoms with E-state index in [2.05, 4.69) is 10.1 Å².